The zero-order valence-corrected chi connectivity index (χ0v) is 18.7. The number of halogens is 1. The van der Waals surface area contributed by atoms with Gasteiger partial charge in [0.15, 0.2) is 0 Å². The van der Waals surface area contributed by atoms with E-state index in [1.54, 1.807) is 0 Å². The molecule has 5 nitrogen and oxygen atoms in total. The van der Waals surface area contributed by atoms with Crippen molar-refractivity contribution in [2.75, 3.05) is 20.6 Å². The monoisotopic (exact) mass is 447 g/mol. The Hall–Kier alpha value is -2.28. The highest BCUT2D eigenvalue weighted by Gasteiger charge is 2.18. The highest BCUT2D eigenvalue weighted by atomic mass is 35.5. The molecule has 0 atom stereocenters. The molecule has 0 saturated heterocycles. The number of fused-ring (bicyclic) bond motifs is 2. The van der Waals surface area contributed by atoms with Crippen LogP contribution in [0.25, 0.3) is 5.57 Å². The molecular weight excluding hydrogens is 422 g/mol. The van der Waals surface area contributed by atoms with E-state index < -0.39 is 18.4 Å². The number of rotatable bonds is 6. The van der Waals surface area contributed by atoms with Crippen molar-refractivity contribution in [1.82, 2.24) is 0 Å². The van der Waals surface area contributed by atoms with Gasteiger partial charge in [-0.15, -0.1) is 11.8 Å². The molecule has 1 aliphatic heterocycles. The number of carbonyl (C=O) groups excluding carboxylic acids is 1. The van der Waals surface area contributed by atoms with Gasteiger partial charge in [-0.05, 0) is 40.8 Å². The Labute approximate surface area is 186 Å². The van der Waals surface area contributed by atoms with Gasteiger partial charge in [-0.2, -0.15) is 0 Å². The number of thioether (sulfide) groups is 1. The molecule has 3 rings (SSSR count). The summed E-state index contributed by atoms with van der Waals surface area (Å²) in [5.74, 6) is -1.44. The average Bonchev–Trinajstić information content (AvgIpc) is 2.84. The average molecular weight is 448 g/mol. The van der Waals surface area contributed by atoms with Crippen LogP contribution in [0.2, 0.25) is 5.02 Å². The predicted molar refractivity (Wildman–Crippen MR) is 119 cm³/mol. The number of quaternary nitrogens is 1. The van der Waals surface area contributed by atoms with Crippen LogP contribution >= 0.6 is 23.4 Å². The van der Waals surface area contributed by atoms with E-state index >= 15 is 0 Å². The van der Waals surface area contributed by atoms with Gasteiger partial charge in [-0.25, -0.2) is 0 Å². The lowest BCUT2D eigenvalue weighted by Crippen LogP contribution is -3.05. The maximum atomic E-state index is 9.61. The van der Waals surface area contributed by atoms with E-state index in [4.69, 9.17) is 16.7 Å². The number of carboxylic acids is 2. The first-order valence-corrected chi connectivity index (χ1v) is 11.1. The molecule has 0 unspecified atom stereocenters. The van der Waals surface area contributed by atoms with Gasteiger partial charge in [-0.3, -0.25) is 4.79 Å². The van der Waals surface area contributed by atoms with Crippen molar-refractivity contribution in [2.24, 2.45) is 0 Å². The van der Waals surface area contributed by atoms with E-state index in [9.17, 15) is 14.7 Å². The van der Waals surface area contributed by atoms with Gasteiger partial charge in [0, 0.05) is 28.1 Å². The molecular formula is C23H26ClNO4S. The van der Waals surface area contributed by atoms with Gasteiger partial charge in [0.2, 0.25) is 0 Å². The summed E-state index contributed by atoms with van der Waals surface area (Å²) in [5, 5.41) is 18.2. The number of aliphatic carboxylic acids is 2. The van der Waals surface area contributed by atoms with Crippen molar-refractivity contribution in [3.05, 3.63) is 70.3 Å². The van der Waals surface area contributed by atoms with Crippen LogP contribution < -0.4 is 10.0 Å². The third-order valence-electron chi connectivity index (χ3n) is 4.46. The number of carbonyl (C=O) groups is 2. The standard InChI is InChI=1S/C19H20ClNS.C4H6O4/c1-21(2)11-5-8-17-16-7-4-3-6-14(16)13-22-19-12-15(20)9-10-18(17)19;5-3(6)1-2-4(7)8/h3-4,6-10,12H,5,11,13H2,1-2H3;1-2H2,(H,5,6)(H,7,8)/b17-8-;. The molecule has 0 bridgehead atoms. The first-order chi connectivity index (χ1) is 14.3. The first kappa shape index (κ1) is 24.0. The summed E-state index contributed by atoms with van der Waals surface area (Å²) < 4.78 is 0. The third kappa shape index (κ3) is 7.52. The summed E-state index contributed by atoms with van der Waals surface area (Å²) >= 11 is 8.08. The largest absolute Gasteiger partial charge is 0.550 e. The van der Waals surface area contributed by atoms with E-state index in [-0.39, 0.29) is 6.42 Å². The van der Waals surface area contributed by atoms with E-state index in [1.807, 2.05) is 17.8 Å². The summed E-state index contributed by atoms with van der Waals surface area (Å²) in [7, 11) is 4.40. The first-order valence-electron chi connectivity index (χ1n) is 9.69. The Kier molecular flexibility index (Phi) is 9.43. The molecule has 0 aromatic heterocycles. The Morgan fingerprint density at radius 1 is 1.17 bits per heavy atom. The summed E-state index contributed by atoms with van der Waals surface area (Å²) in [4.78, 5) is 21.9. The molecule has 0 saturated carbocycles. The molecule has 1 aliphatic rings. The lowest BCUT2D eigenvalue weighted by molar-refractivity contribution is -0.857. The molecule has 30 heavy (non-hydrogen) atoms. The molecule has 1 heterocycles. The second-order valence-electron chi connectivity index (χ2n) is 7.22. The Morgan fingerprint density at radius 3 is 2.53 bits per heavy atom. The van der Waals surface area contributed by atoms with Crippen LogP contribution in [0.4, 0.5) is 0 Å². The summed E-state index contributed by atoms with van der Waals surface area (Å²) in [6, 6.07) is 15.0. The molecule has 2 N–H and O–H groups in total. The number of carboxylic acid groups (broad SMARTS) is 2. The van der Waals surface area contributed by atoms with E-state index in [0.29, 0.717) is 0 Å². The van der Waals surface area contributed by atoms with Gasteiger partial charge >= 0.3 is 5.97 Å². The molecule has 2 aromatic carbocycles. The second kappa shape index (κ2) is 11.8. The van der Waals surface area contributed by atoms with Crippen LogP contribution in [0.3, 0.4) is 0 Å². The van der Waals surface area contributed by atoms with Crippen LogP contribution in [0.5, 0.6) is 0 Å². The minimum atomic E-state index is -1.33. The van der Waals surface area contributed by atoms with E-state index in [0.717, 1.165) is 23.7 Å². The zero-order valence-electron chi connectivity index (χ0n) is 17.1. The number of hydrogen-bond acceptors (Lipinski definition) is 4. The molecule has 0 amide bonds. The highest BCUT2D eigenvalue weighted by molar-refractivity contribution is 7.98. The van der Waals surface area contributed by atoms with Gasteiger partial charge in [-0.1, -0.05) is 48.0 Å². The molecule has 2 aromatic rings. The molecule has 0 radical (unpaired) electrons. The molecule has 7 heteroatoms. The fraction of sp³-hybridized carbons (Fsp3) is 0.304. The van der Waals surface area contributed by atoms with E-state index in [1.165, 1.54) is 32.1 Å². The fourth-order valence-electron chi connectivity index (χ4n) is 2.98. The minimum absolute atomic E-state index is 0.359. The Bertz CT molecular complexity index is 913. The number of nitrogens with one attached hydrogen (secondary N) is 1. The highest BCUT2D eigenvalue weighted by Crippen LogP contribution is 2.41. The van der Waals surface area contributed by atoms with Crippen LogP contribution in [-0.2, 0) is 15.3 Å². The van der Waals surface area contributed by atoms with Crippen molar-refractivity contribution < 1.29 is 24.7 Å². The fourth-order valence-corrected chi connectivity index (χ4v) is 4.33. The maximum absolute atomic E-state index is 9.61. The zero-order chi connectivity index (χ0) is 22.1. The van der Waals surface area contributed by atoms with Crippen molar-refractivity contribution >= 4 is 40.9 Å². The Balaban J connectivity index is 0.000000343. The molecule has 0 aliphatic carbocycles. The van der Waals surface area contributed by atoms with Crippen molar-refractivity contribution in [3.63, 3.8) is 0 Å². The SMILES string of the molecule is C[NH+](C)CC/C=C1/c2ccccc2CSc2cc(Cl)ccc21.O=C([O-])CCC(=O)O. The summed E-state index contributed by atoms with van der Waals surface area (Å²) in [5.41, 5.74) is 5.44. The Morgan fingerprint density at radius 2 is 1.90 bits per heavy atom. The van der Waals surface area contributed by atoms with Gasteiger partial charge in [0.05, 0.1) is 27.1 Å². The second-order valence-corrected chi connectivity index (χ2v) is 8.67. The van der Waals surface area contributed by atoms with Crippen molar-refractivity contribution in [3.8, 4) is 0 Å². The van der Waals surface area contributed by atoms with Crippen molar-refractivity contribution in [2.45, 2.75) is 29.9 Å². The van der Waals surface area contributed by atoms with Crippen LogP contribution in [-0.4, -0.2) is 37.7 Å². The minimum Gasteiger partial charge on any atom is -0.550 e. The summed E-state index contributed by atoms with van der Waals surface area (Å²) in [6.45, 7) is 1.14. The topological polar surface area (TPSA) is 81.9 Å². The normalized spacial score (nSPS) is 13.7. The van der Waals surface area contributed by atoms with E-state index in [2.05, 4.69) is 56.6 Å². The van der Waals surface area contributed by atoms with Gasteiger partial charge in [0.1, 0.15) is 0 Å². The summed E-state index contributed by atoms with van der Waals surface area (Å²) in [6.07, 6.45) is 2.71. The van der Waals surface area contributed by atoms with Crippen LogP contribution in [0.15, 0.2) is 53.4 Å². The predicted octanol–water partition coefficient (Wildman–Crippen LogP) is 2.51. The molecule has 0 spiro atoms. The smallest absolute Gasteiger partial charge is 0.303 e. The van der Waals surface area contributed by atoms with Gasteiger partial charge < -0.3 is 19.9 Å². The van der Waals surface area contributed by atoms with Crippen LogP contribution in [0.1, 0.15) is 36.0 Å². The third-order valence-corrected chi connectivity index (χ3v) is 5.80. The van der Waals surface area contributed by atoms with Crippen molar-refractivity contribution in [1.29, 1.82) is 0 Å². The van der Waals surface area contributed by atoms with Crippen LogP contribution in [0, 0.1) is 0 Å². The number of hydrogen-bond donors (Lipinski definition) is 2. The maximum Gasteiger partial charge on any atom is 0.303 e. The lowest BCUT2D eigenvalue weighted by atomic mass is 9.93. The van der Waals surface area contributed by atoms with Gasteiger partial charge in [0.25, 0.3) is 0 Å². The quantitative estimate of drug-likeness (QED) is 0.711. The lowest BCUT2D eigenvalue weighted by Gasteiger charge is -2.12. The molecule has 160 valence electrons. The molecule has 0 fully saturated rings. The number of benzene rings is 2.